The van der Waals surface area contributed by atoms with Crippen molar-refractivity contribution in [3.63, 3.8) is 0 Å². The summed E-state index contributed by atoms with van der Waals surface area (Å²) in [4.78, 5) is 38.9. The average Bonchev–Trinajstić information content (AvgIpc) is 3.15. The molecule has 2 aliphatic rings. The molecule has 0 radical (unpaired) electrons. The number of hydrogen-bond acceptors (Lipinski definition) is 6. The van der Waals surface area contributed by atoms with Gasteiger partial charge in [-0.05, 0) is 17.7 Å². The Bertz CT molecular complexity index is 1040. The zero-order valence-electron chi connectivity index (χ0n) is 15.9. The Morgan fingerprint density at radius 2 is 1.79 bits per heavy atom. The molecule has 4 rings (SSSR count). The minimum Gasteiger partial charge on any atom is -0.497 e. The van der Waals surface area contributed by atoms with Crippen LogP contribution in [0.2, 0.25) is 0 Å². The summed E-state index contributed by atoms with van der Waals surface area (Å²) in [6.45, 7) is 0.682. The fourth-order valence-corrected chi connectivity index (χ4v) is 3.79. The summed E-state index contributed by atoms with van der Waals surface area (Å²) >= 11 is 0. The first-order chi connectivity index (χ1) is 13.4. The molecular weight excluding hydrogens is 366 g/mol. The second-order valence-electron chi connectivity index (χ2n) is 6.87. The van der Waals surface area contributed by atoms with Crippen molar-refractivity contribution in [1.82, 2.24) is 14.0 Å². The first-order valence-electron chi connectivity index (χ1n) is 8.96. The second kappa shape index (κ2) is 6.74. The van der Waals surface area contributed by atoms with E-state index in [1.165, 1.54) is 16.5 Å². The monoisotopic (exact) mass is 387 g/mol. The van der Waals surface area contributed by atoms with Crippen LogP contribution in [0.15, 0.2) is 33.9 Å². The largest absolute Gasteiger partial charge is 0.497 e. The van der Waals surface area contributed by atoms with Gasteiger partial charge in [0.25, 0.3) is 5.56 Å². The van der Waals surface area contributed by atoms with Gasteiger partial charge in [-0.15, -0.1) is 0 Å². The molecule has 2 aliphatic heterocycles. The fourth-order valence-electron chi connectivity index (χ4n) is 3.79. The predicted octanol–water partition coefficient (Wildman–Crippen LogP) is 0.785. The van der Waals surface area contributed by atoms with Crippen LogP contribution in [0.3, 0.4) is 0 Å². The first-order valence-corrected chi connectivity index (χ1v) is 8.96. The fraction of sp³-hybridized carbons (Fsp3) is 0.421. The third-order valence-corrected chi connectivity index (χ3v) is 5.34. The van der Waals surface area contributed by atoms with E-state index in [1.807, 2.05) is 24.3 Å². The van der Waals surface area contributed by atoms with Crippen LogP contribution in [0.1, 0.15) is 23.5 Å². The zero-order valence-corrected chi connectivity index (χ0v) is 15.9. The molecular formula is C19H21N3O6. The Morgan fingerprint density at radius 1 is 1.07 bits per heavy atom. The van der Waals surface area contributed by atoms with E-state index in [9.17, 15) is 14.4 Å². The highest BCUT2D eigenvalue weighted by atomic mass is 16.6. The molecule has 9 heteroatoms. The lowest BCUT2D eigenvalue weighted by Gasteiger charge is -2.36. The summed E-state index contributed by atoms with van der Waals surface area (Å²) < 4.78 is 18.6. The Labute approximate surface area is 160 Å². The van der Waals surface area contributed by atoms with E-state index in [2.05, 4.69) is 0 Å². The number of amides is 1. The van der Waals surface area contributed by atoms with Gasteiger partial charge in [-0.2, -0.15) is 0 Å². The molecule has 0 spiro atoms. The van der Waals surface area contributed by atoms with Crippen LogP contribution in [0.25, 0.3) is 0 Å². The SMILES string of the molecule is COc1ccc([C@@H]2C[C@@H](N3CCOC3=O)Oc3c2c(=O)n(C)c(=O)n3C)cc1. The summed E-state index contributed by atoms with van der Waals surface area (Å²) in [5, 5.41) is 0. The molecule has 1 aromatic heterocycles. The van der Waals surface area contributed by atoms with Crippen molar-refractivity contribution in [2.45, 2.75) is 18.6 Å². The first kappa shape index (κ1) is 18.1. The van der Waals surface area contributed by atoms with Gasteiger partial charge in [0.1, 0.15) is 12.4 Å². The van der Waals surface area contributed by atoms with Gasteiger partial charge in [0.05, 0.1) is 19.2 Å². The van der Waals surface area contributed by atoms with E-state index in [0.717, 1.165) is 10.1 Å². The minimum atomic E-state index is -0.632. The number of carbonyl (C=O) groups is 1. The van der Waals surface area contributed by atoms with Crippen LogP contribution in [-0.4, -0.2) is 46.6 Å². The standard InChI is InChI=1S/C19H21N3O6/c1-20-16(23)15-13(11-4-6-12(26-3)7-5-11)10-14(22-8-9-27-19(22)25)28-17(15)21(2)18(20)24/h4-7,13-14H,8-10H2,1-3H3/t13-,14-/m0/s1. The predicted molar refractivity (Wildman–Crippen MR) is 98.8 cm³/mol. The van der Waals surface area contributed by atoms with Crippen molar-refractivity contribution in [3.05, 3.63) is 56.2 Å². The summed E-state index contributed by atoms with van der Waals surface area (Å²) in [5.41, 5.74) is 0.389. The lowest BCUT2D eigenvalue weighted by atomic mass is 9.87. The van der Waals surface area contributed by atoms with E-state index < -0.39 is 23.6 Å². The van der Waals surface area contributed by atoms with E-state index in [-0.39, 0.29) is 18.4 Å². The Balaban J connectivity index is 1.87. The van der Waals surface area contributed by atoms with Crippen LogP contribution < -0.4 is 20.7 Å². The van der Waals surface area contributed by atoms with Gasteiger partial charge >= 0.3 is 11.8 Å². The van der Waals surface area contributed by atoms with E-state index in [4.69, 9.17) is 14.2 Å². The van der Waals surface area contributed by atoms with Crippen molar-refractivity contribution in [2.24, 2.45) is 14.1 Å². The molecule has 2 atom stereocenters. The molecule has 0 saturated carbocycles. The van der Waals surface area contributed by atoms with E-state index in [0.29, 0.717) is 24.3 Å². The Morgan fingerprint density at radius 3 is 2.39 bits per heavy atom. The molecule has 0 bridgehead atoms. The summed E-state index contributed by atoms with van der Waals surface area (Å²) in [6.07, 6.45) is -0.718. The van der Waals surface area contributed by atoms with Gasteiger partial charge in [0.15, 0.2) is 6.23 Å². The number of ether oxygens (including phenoxy) is 3. The molecule has 1 aromatic carbocycles. The normalized spacial score (nSPS) is 21.1. The lowest BCUT2D eigenvalue weighted by Crippen LogP contribution is -2.49. The number of carbonyl (C=O) groups excluding carboxylic acids is 1. The Kier molecular flexibility index (Phi) is 4.37. The van der Waals surface area contributed by atoms with Crippen molar-refractivity contribution in [2.75, 3.05) is 20.3 Å². The smallest absolute Gasteiger partial charge is 0.412 e. The number of hydrogen-bond donors (Lipinski definition) is 0. The number of cyclic esters (lactones) is 1. The number of nitrogens with zero attached hydrogens (tertiary/aromatic N) is 3. The van der Waals surface area contributed by atoms with Gasteiger partial charge < -0.3 is 14.2 Å². The third-order valence-electron chi connectivity index (χ3n) is 5.34. The van der Waals surface area contributed by atoms with Crippen LogP contribution in [0.4, 0.5) is 4.79 Å². The van der Waals surface area contributed by atoms with E-state index >= 15 is 0 Å². The molecule has 0 unspecified atom stereocenters. The lowest BCUT2D eigenvalue weighted by molar-refractivity contribution is 0.0287. The molecule has 28 heavy (non-hydrogen) atoms. The maximum atomic E-state index is 12.9. The number of fused-ring (bicyclic) bond motifs is 1. The highest BCUT2D eigenvalue weighted by Crippen LogP contribution is 2.39. The van der Waals surface area contributed by atoms with Gasteiger partial charge in [-0.3, -0.25) is 18.8 Å². The number of methoxy groups -OCH3 is 1. The van der Waals surface area contributed by atoms with Crippen LogP contribution in [-0.2, 0) is 18.8 Å². The van der Waals surface area contributed by atoms with Gasteiger partial charge in [0, 0.05) is 26.4 Å². The van der Waals surface area contributed by atoms with Gasteiger partial charge in [-0.1, -0.05) is 12.1 Å². The zero-order chi connectivity index (χ0) is 20.0. The molecule has 0 aliphatic carbocycles. The topological polar surface area (TPSA) is 92.0 Å². The van der Waals surface area contributed by atoms with E-state index in [1.54, 1.807) is 14.2 Å². The maximum absolute atomic E-state index is 12.9. The molecule has 1 amide bonds. The number of aromatic nitrogens is 2. The molecule has 0 N–H and O–H groups in total. The molecule has 3 heterocycles. The summed E-state index contributed by atoms with van der Waals surface area (Å²) in [6, 6.07) is 7.39. The number of benzene rings is 1. The molecule has 2 aromatic rings. The van der Waals surface area contributed by atoms with Crippen molar-refractivity contribution in [3.8, 4) is 11.6 Å². The van der Waals surface area contributed by atoms with Crippen molar-refractivity contribution < 1.29 is 19.0 Å². The maximum Gasteiger partial charge on any atom is 0.412 e. The molecule has 1 saturated heterocycles. The minimum absolute atomic E-state index is 0.185. The van der Waals surface area contributed by atoms with Crippen molar-refractivity contribution in [1.29, 1.82) is 0 Å². The van der Waals surface area contributed by atoms with Crippen molar-refractivity contribution >= 4 is 6.09 Å². The second-order valence-corrected chi connectivity index (χ2v) is 6.87. The highest BCUT2D eigenvalue weighted by Gasteiger charge is 2.40. The molecule has 9 nitrogen and oxygen atoms in total. The highest BCUT2D eigenvalue weighted by molar-refractivity contribution is 5.69. The molecule has 148 valence electrons. The average molecular weight is 387 g/mol. The Hall–Kier alpha value is -3.23. The van der Waals surface area contributed by atoms with Crippen LogP contribution in [0.5, 0.6) is 11.6 Å². The number of rotatable bonds is 3. The quantitative estimate of drug-likeness (QED) is 0.773. The van der Waals surface area contributed by atoms with Gasteiger partial charge in [0.2, 0.25) is 5.88 Å². The molecule has 1 fully saturated rings. The summed E-state index contributed by atoms with van der Waals surface area (Å²) in [5.74, 6) is 0.535. The van der Waals surface area contributed by atoms with Crippen LogP contribution in [0, 0.1) is 0 Å². The van der Waals surface area contributed by atoms with Gasteiger partial charge in [-0.25, -0.2) is 9.59 Å². The summed E-state index contributed by atoms with van der Waals surface area (Å²) in [7, 11) is 4.58. The van der Waals surface area contributed by atoms with Crippen LogP contribution >= 0.6 is 0 Å². The third kappa shape index (κ3) is 2.74.